The van der Waals surface area contributed by atoms with Gasteiger partial charge in [0.1, 0.15) is 18.2 Å². The number of esters is 1. The van der Waals surface area contributed by atoms with Gasteiger partial charge in [-0.05, 0) is 48.2 Å². The van der Waals surface area contributed by atoms with Gasteiger partial charge in [0.15, 0.2) is 0 Å². The van der Waals surface area contributed by atoms with Crippen LogP contribution in [0.2, 0.25) is 0 Å². The van der Waals surface area contributed by atoms with Crippen LogP contribution in [0.25, 0.3) is 0 Å². The second kappa shape index (κ2) is 9.64. The summed E-state index contributed by atoms with van der Waals surface area (Å²) in [7, 11) is 1.57. The molecule has 0 aromatic heterocycles. The number of hydrogen-bond donors (Lipinski definition) is 1. The van der Waals surface area contributed by atoms with Crippen LogP contribution in [0.15, 0.2) is 59.8 Å². The van der Waals surface area contributed by atoms with Crippen LogP contribution in [0.4, 0.5) is 9.18 Å². The molecule has 1 heterocycles. The highest BCUT2D eigenvalue weighted by molar-refractivity contribution is 5.95. The molecule has 1 atom stereocenters. The van der Waals surface area contributed by atoms with Gasteiger partial charge in [-0.3, -0.25) is 4.90 Å². The molecule has 2 aromatic rings. The highest BCUT2D eigenvalue weighted by atomic mass is 19.1. The molecular weight excluding hydrogens is 399 g/mol. The smallest absolute Gasteiger partial charge is 0.338 e. The van der Waals surface area contributed by atoms with E-state index in [1.54, 1.807) is 14.0 Å². The molecule has 6 nitrogen and oxygen atoms in total. The molecule has 0 fully saturated rings. The van der Waals surface area contributed by atoms with E-state index in [0.717, 1.165) is 0 Å². The Bertz CT molecular complexity index is 968. The van der Waals surface area contributed by atoms with Crippen LogP contribution < -0.4 is 10.1 Å². The molecule has 2 aromatic carbocycles. The fraction of sp³-hybridized carbons (Fsp3) is 0.333. The Morgan fingerprint density at radius 1 is 1.13 bits per heavy atom. The fourth-order valence-electron chi connectivity index (χ4n) is 3.39. The van der Waals surface area contributed by atoms with E-state index in [4.69, 9.17) is 9.47 Å². The zero-order valence-corrected chi connectivity index (χ0v) is 18.1. The van der Waals surface area contributed by atoms with E-state index in [2.05, 4.69) is 19.2 Å². The van der Waals surface area contributed by atoms with E-state index >= 15 is 0 Å². The summed E-state index contributed by atoms with van der Waals surface area (Å²) in [6, 6.07) is 12.2. The second-order valence-electron chi connectivity index (χ2n) is 7.59. The van der Waals surface area contributed by atoms with E-state index in [1.807, 2.05) is 24.3 Å². The predicted molar refractivity (Wildman–Crippen MR) is 115 cm³/mol. The first kappa shape index (κ1) is 22.3. The van der Waals surface area contributed by atoms with Gasteiger partial charge in [-0.15, -0.1) is 0 Å². The van der Waals surface area contributed by atoms with E-state index < -0.39 is 23.9 Å². The molecule has 0 spiro atoms. The Hall–Kier alpha value is -3.35. The number of urea groups is 1. The van der Waals surface area contributed by atoms with Crippen LogP contribution in [0.5, 0.6) is 5.75 Å². The van der Waals surface area contributed by atoms with E-state index in [9.17, 15) is 14.0 Å². The molecule has 2 amide bonds. The van der Waals surface area contributed by atoms with Crippen molar-refractivity contribution in [3.63, 3.8) is 0 Å². The monoisotopic (exact) mass is 426 g/mol. The van der Waals surface area contributed by atoms with Crippen molar-refractivity contribution in [1.29, 1.82) is 0 Å². The molecule has 0 aliphatic carbocycles. The van der Waals surface area contributed by atoms with Gasteiger partial charge >= 0.3 is 12.0 Å². The minimum Gasteiger partial charge on any atom is -0.487 e. The molecule has 1 N–H and O–H groups in total. The van der Waals surface area contributed by atoms with Crippen molar-refractivity contribution in [2.24, 2.45) is 0 Å². The molecule has 31 heavy (non-hydrogen) atoms. The maximum absolute atomic E-state index is 13.4. The minimum absolute atomic E-state index is 0.00319. The summed E-state index contributed by atoms with van der Waals surface area (Å²) in [5.41, 5.74) is 2.41. The summed E-state index contributed by atoms with van der Waals surface area (Å²) < 4.78 is 24.6. The molecular formula is C24H27FN2O4. The summed E-state index contributed by atoms with van der Waals surface area (Å²) in [5, 5.41) is 2.79. The van der Waals surface area contributed by atoms with Gasteiger partial charge in [0.2, 0.25) is 0 Å². The van der Waals surface area contributed by atoms with Crippen molar-refractivity contribution in [3.05, 3.63) is 76.7 Å². The van der Waals surface area contributed by atoms with Gasteiger partial charge in [-0.1, -0.05) is 38.1 Å². The van der Waals surface area contributed by atoms with Gasteiger partial charge in [0.05, 0.1) is 23.9 Å². The number of ether oxygens (including phenoxy) is 2. The van der Waals surface area contributed by atoms with Crippen molar-refractivity contribution in [1.82, 2.24) is 10.2 Å². The molecule has 1 unspecified atom stereocenters. The average molecular weight is 426 g/mol. The van der Waals surface area contributed by atoms with Crippen molar-refractivity contribution in [2.45, 2.75) is 32.7 Å². The number of hydrogen-bond acceptors (Lipinski definition) is 4. The molecule has 1 aliphatic heterocycles. The third-order valence-corrected chi connectivity index (χ3v) is 5.20. The maximum atomic E-state index is 13.4. The van der Waals surface area contributed by atoms with Crippen LogP contribution in [-0.4, -0.2) is 37.2 Å². The van der Waals surface area contributed by atoms with E-state index in [1.165, 1.54) is 34.7 Å². The van der Waals surface area contributed by atoms with Crippen LogP contribution in [0.3, 0.4) is 0 Å². The second-order valence-corrected chi connectivity index (χ2v) is 7.59. The number of likely N-dealkylation sites (N-methyl/N-ethyl adjacent to an activating group) is 1. The third-order valence-electron chi connectivity index (χ3n) is 5.20. The predicted octanol–water partition coefficient (Wildman–Crippen LogP) is 4.54. The quantitative estimate of drug-likeness (QED) is 0.660. The number of rotatable bonds is 7. The summed E-state index contributed by atoms with van der Waals surface area (Å²) >= 11 is 0. The number of carbonyl (C=O) groups is 2. The van der Waals surface area contributed by atoms with Gasteiger partial charge in [0, 0.05) is 7.05 Å². The van der Waals surface area contributed by atoms with E-state index in [0.29, 0.717) is 22.9 Å². The Balaban J connectivity index is 1.97. The normalized spacial score (nSPS) is 16.4. The first-order valence-electron chi connectivity index (χ1n) is 10.2. The molecule has 0 radical (unpaired) electrons. The lowest BCUT2D eigenvalue weighted by atomic mass is 9.94. The van der Waals surface area contributed by atoms with Crippen molar-refractivity contribution < 1.29 is 23.5 Å². The molecule has 164 valence electrons. The largest absolute Gasteiger partial charge is 0.487 e. The Kier molecular flexibility index (Phi) is 6.95. The fourth-order valence-corrected chi connectivity index (χ4v) is 3.39. The number of carbonyl (C=O) groups excluding carboxylic acids is 2. The number of nitrogens with one attached hydrogen (secondary N) is 1. The Labute approximate surface area is 181 Å². The van der Waals surface area contributed by atoms with Crippen molar-refractivity contribution in [2.75, 3.05) is 20.3 Å². The molecule has 7 heteroatoms. The Morgan fingerprint density at radius 3 is 2.35 bits per heavy atom. The molecule has 3 rings (SSSR count). The maximum Gasteiger partial charge on any atom is 0.338 e. The van der Waals surface area contributed by atoms with Crippen LogP contribution in [0, 0.1) is 5.82 Å². The van der Waals surface area contributed by atoms with Gasteiger partial charge in [0.25, 0.3) is 0 Å². The number of halogens is 1. The summed E-state index contributed by atoms with van der Waals surface area (Å²) in [6.45, 7) is 6.11. The molecule has 0 saturated carbocycles. The van der Waals surface area contributed by atoms with Gasteiger partial charge in [-0.25, -0.2) is 14.0 Å². The van der Waals surface area contributed by atoms with Crippen molar-refractivity contribution >= 4 is 12.0 Å². The number of nitrogens with zero attached hydrogens (tertiary/aromatic N) is 1. The van der Waals surface area contributed by atoms with Gasteiger partial charge in [-0.2, -0.15) is 0 Å². The average Bonchev–Trinajstić information content (AvgIpc) is 2.75. The summed E-state index contributed by atoms with van der Waals surface area (Å²) in [4.78, 5) is 26.8. The minimum atomic E-state index is -0.773. The van der Waals surface area contributed by atoms with Crippen LogP contribution in [-0.2, 0) is 9.53 Å². The first-order valence-corrected chi connectivity index (χ1v) is 10.2. The van der Waals surface area contributed by atoms with Crippen molar-refractivity contribution in [3.8, 4) is 5.75 Å². The first-order chi connectivity index (χ1) is 14.8. The van der Waals surface area contributed by atoms with Crippen LogP contribution in [0.1, 0.15) is 43.9 Å². The summed E-state index contributed by atoms with van der Waals surface area (Å²) in [5.74, 6) is 0.0603. The lowest BCUT2D eigenvalue weighted by molar-refractivity contribution is -0.139. The highest BCUT2D eigenvalue weighted by Crippen LogP contribution is 2.31. The SMILES string of the molecule is CCOC(=O)C1=C(COc2ccc(C(C)C)cc2)N(C)C(=O)NC1c1ccc(F)cc1. The number of amides is 2. The molecule has 0 saturated heterocycles. The van der Waals surface area contributed by atoms with E-state index in [-0.39, 0.29) is 18.8 Å². The van der Waals surface area contributed by atoms with Crippen LogP contribution >= 0.6 is 0 Å². The van der Waals surface area contributed by atoms with Gasteiger partial charge < -0.3 is 14.8 Å². The summed E-state index contributed by atoms with van der Waals surface area (Å²) in [6.07, 6.45) is 0. The lowest BCUT2D eigenvalue weighted by Crippen LogP contribution is -2.48. The zero-order chi connectivity index (χ0) is 22.5. The topological polar surface area (TPSA) is 67.9 Å². The standard InChI is InChI=1S/C24H27FN2O4/c1-5-30-23(28)21-20(14-31-19-12-8-16(9-13-19)15(2)3)27(4)24(29)26-22(21)17-6-10-18(25)11-7-17/h6-13,15,22H,5,14H2,1-4H3,(H,26,29). The molecule has 0 bridgehead atoms. The molecule has 1 aliphatic rings. The lowest BCUT2D eigenvalue weighted by Gasteiger charge is -2.34. The number of benzene rings is 2. The third kappa shape index (κ3) is 5.05. The zero-order valence-electron chi connectivity index (χ0n) is 18.1. The Morgan fingerprint density at radius 2 is 1.77 bits per heavy atom. The highest BCUT2D eigenvalue weighted by Gasteiger charge is 2.37.